The average molecular weight is 288 g/mol. The standard InChI is InChI=1S/C18H28N2O/c1-3-20(4-2)18(21)13-14-19-17-12-8-6-10-15-9-5-7-11-16(15)17/h5,7,9,11,17,19H,3-4,6,8,10,12-14H2,1-2H3. The maximum Gasteiger partial charge on any atom is 0.223 e. The molecule has 1 amide bonds. The van der Waals surface area contributed by atoms with Crippen LogP contribution in [-0.4, -0.2) is 30.4 Å². The van der Waals surface area contributed by atoms with Crippen molar-refractivity contribution in [3.63, 3.8) is 0 Å². The zero-order valence-corrected chi connectivity index (χ0v) is 13.4. The largest absolute Gasteiger partial charge is 0.343 e. The lowest BCUT2D eigenvalue weighted by molar-refractivity contribution is -0.130. The molecule has 0 aliphatic heterocycles. The minimum Gasteiger partial charge on any atom is -0.343 e. The molecule has 1 N–H and O–H groups in total. The molecular weight excluding hydrogens is 260 g/mol. The van der Waals surface area contributed by atoms with Gasteiger partial charge >= 0.3 is 0 Å². The third-order valence-corrected chi connectivity index (χ3v) is 4.47. The molecule has 0 radical (unpaired) electrons. The predicted octanol–water partition coefficient (Wildman–Crippen LogP) is 3.30. The van der Waals surface area contributed by atoms with Crippen molar-refractivity contribution in [2.24, 2.45) is 0 Å². The second-order valence-electron chi connectivity index (χ2n) is 5.77. The van der Waals surface area contributed by atoms with E-state index in [9.17, 15) is 4.79 Å². The van der Waals surface area contributed by atoms with E-state index < -0.39 is 0 Å². The number of nitrogens with zero attached hydrogens (tertiary/aromatic N) is 1. The van der Waals surface area contributed by atoms with Crippen LogP contribution in [0, 0.1) is 0 Å². The zero-order valence-electron chi connectivity index (χ0n) is 13.4. The number of carbonyl (C=O) groups is 1. The topological polar surface area (TPSA) is 32.3 Å². The van der Waals surface area contributed by atoms with E-state index in [0.29, 0.717) is 12.5 Å². The quantitative estimate of drug-likeness (QED) is 0.815. The van der Waals surface area contributed by atoms with Gasteiger partial charge in [0.05, 0.1) is 0 Å². The van der Waals surface area contributed by atoms with Crippen LogP contribution in [0.4, 0.5) is 0 Å². The molecule has 0 saturated carbocycles. The van der Waals surface area contributed by atoms with E-state index in [2.05, 4.69) is 29.6 Å². The highest BCUT2D eigenvalue weighted by atomic mass is 16.2. The van der Waals surface area contributed by atoms with Crippen molar-refractivity contribution in [1.82, 2.24) is 10.2 Å². The van der Waals surface area contributed by atoms with Gasteiger partial charge in [0.1, 0.15) is 0 Å². The van der Waals surface area contributed by atoms with Gasteiger partial charge in [-0.25, -0.2) is 0 Å². The lowest BCUT2D eigenvalue weighted by Crippen LogP contribution is -2.33. The molecule has 1 aromatic rings. The molecule has 3 nitrogen and oxygen atoms in total. The van der Waals surface area contributed by atoms with E-state index in [1.165, 1.54) is 36.8 Å². The van der Waals surface area contributed by atoms with E-state index in [1.807, 2.05) is 18.7 Å². The van der Waals surface area contributed by atoms with Gasteiger partial charge in [0.2, 0.25) is 5.91 Å². The van der Waals surface area contributed by atoms with Gasteiger partial charge in [0, 0.05) is 32.1 Å². The molecule has 3 heteroatoms. The number of hydrogen-bond acceptors (Lipinski definition) is 2. The molecule has 2 rings (SSSR count). The van der Waals surface area contributed by atoms with E-state index >= 15 is 0 Å². The highest BCUT2D eigenvalue weighted by Gasteiger charge is 2.18. The highest BCUT2D eigenvalue weighted by molar-refractivity contribution is 5.76. The summed E-state index contributed by atoms with van der Waals surface area (Å²) in [5, 5.41) is 3.60. The van der Waals surface area contributed by atoms with Gasteiger partial charge < -0.3 is 10.2 Å². The van der Waals surface area contributed by atoms with Crippen molar-refractivity contribution >= 4 is 5.91 Å². The lowest BCUT2D eigenvalue weighted by atomic mass is 9.99. The molecule has 1 atom stereocenters. The van der Waals surface area contributed by atoms with Crippen LogP contribution in [-0.2, 0) is 11.2 Å². The fourth-order valence-corrected chi connectivity index (χ4v) is 3.22. The van der Waals surface area contributed by atoms with Gasteiger partial charge in [-0.1, -0.05) is 30.7 Å². The first-order valence-corrected chi connectivity index (χ1v) is 8.35. The first-order chi connectivity index (χ1) is 10.3. The molecule has 0 aromatic heterocycles. The lowest BCUT2D eigenvalue weighted by Gasteiger charge is -2.22. The molecule has 0 spiro atoms. The van der Waals surface area contributed by atoms with Gasteiger partial charge in [-0.3, -0.25) is 4.79 Å². The Balaban J connectivity index is 1.90. The SMILES string of the molecule is CCN(CC)C(=O)CCNC1CCCCc2ccccc21. The Morgan fingerprint density at radius 3 is 2.76 bits per heavy atom. The van der Waals surface area contributed by atoms with E-state index in [-0.39, 0.29) is 5.91 Å². The van der Waals surface area contributed by atoms with Crippen molar-refractivity contribution in [3.8, 4) is 0 Å². The third kappa shape index (κ3) is 4.31. The van der Waals surface area contributed by atoms with E-state index in [1.54, 1.807) is 0 Å². The van der Waals surface area contributed by atoms with Crippen molar-refractivity contribution in [2.45, 2.75) is 52.0 Å². The van der Waals surface area contributed by atoms with Gasteiger partial charge in [0.25, 0.3) is 0 Å². The highest BCUT2D eigenvalue weighted by Crippen LogP contribution is 2.28. The van der Waals surface area contributed by atoms with Crippen LogP contribution in [0.2, 0.25) is 0 Å². The van der Waals surface area contributed by atoms with Crippen LogP contribution in [0.15, 0.2) is 24.3 Å². The summed E-state index contributed by atoms with van der Waals surface area (Å²) < 4.78 is 0. The van der Waals surface area contributed by atoms with E-state index in [4.69, 9.17) is 0 Å². The molecule has 21 heavy (non-hydrogen) atoms. The summed E-state index contributed by atoms with van der Waals surface area (Å²) in [5.41, 5.74) is 2.91. The normalized spacial score (nSPS) is 17.9. The maximum absolute atomic E-state index is 12.0. The summed E-state index contributed by atoms with van der Waals surface area (Å²) in [6.07, 6.45) is 5.49. The van der Waals surface area contributed by atoms with Crippen LogP contribution < -0.4 is 5.32 Å². The van der Waals surface area contributed by atoms with Crippen molar-refractivity contribution in [3.05, 3.63) is 35.4 Å². The molecule has 116 valence electrons. The summed E-state index contributed by atoms with van der Waals surface area (Å²) in [6.45, 7) is 6.46. The Bertz CT molecular complexity index is 454. The smallest absolute Gasteiger partial charge is 0.223 e. The van der Waals surface area contributed by atoms with Gasteiger partial charge in [0.15, 0.2) is 0 Å². The van der Waals surface area contributed by atoms with Crippen LogP contribution in [0.5, 0.6) is 0 Å². The molecule has 0 bridgehead atoms. The Morgan fingerprint density at radius 1 is 1.24 bits per heavy atom. The zero-order chi connectivity index (χ0) is 15.1. The summed E-state index contributed by atoms with van der Waals surface area (Å²) in [7, 11) is 0. The number of fused-ring (bicyclic) bond motifs is 1. The Morgan fingerprint density at radius 2 is 2.00 bits per heavy atom. The number of carbonyl (C=O) groups excluding carboxylic acids is 1. The fourth-order valence-electron chi connectivity index (χ4n) is 3.22. The first-order valence-electron chi connectivity index (χ1n) is 8.35. The second kappa shape index (κ2) is 8.18. The molecule has 1 aliphatic carbocycles. The number of benzene rings is 1. The average Bonchev–Trinajstić information content (AvgIpc) is 2.71. The van der Waals surface area contributed by atoms with Crippen molar-refractivity contribution < 1.29 is 4.79 Å². The van der Waals surface area contributed by atoms with Gasteiger partial charge in [-0.05, 0) is 44.2 Å². The van der Waals surface area contributed by atoms with Crippen LogP contribution in [0.1, 0.15) is 56.7 Å². The fraction of sp³-hybridized carbons (Fsp3) is 0.611. The number of rotatable bonds is 6. The summed E-state index contributed by atoms with van der Waals surface area (Å²) in [6, 6.07) is 9.15. The van der Waals surface area contributed by atoms with Crippen molar-refractivity contribution in [1.29, 1.82) is 0 Å². The van der Waals surface area contributed by atoms with Gasteiger partial charge in [-0.15, -0.1) is 0 Å². The number of nitrogens with one attached hydrogen (secondary N) is 1. The molecule has 1 unspecified atom stereocenters. The van der Waals surface area contributed by atoms with Crippen LogP contribution in [0.3, 0.4) is 0 Å². The molecular formula is C18H28N2O. The summed E-state index contributed by atoms with van der Waals surface area (Å²) in [5.74, 6) is 0.259. The monoisotopic (exact) mass is 288 g/mol. The molecule has 0 fully saturated rings. The maximum atomic E-state index is 12.0. The first kappa shape index (κ1) is 16.0. The number of amides is 1. The van der Waals surface area contributed by atoms with Crippen molar-refractivity contribution in [2.75, 3.05) is 19.6 Å². The predicted molar refractivity (Wildman–Crippen MR) is 87.3 cm³/mol. The third-order valence-electron chi connectivity index (χ3n) is 4.47. The molecule has 0 saturated heterocycles. The van der Waals surface area contributed by atoms with Crippen LogP contribution >= 0.6 is 0 Å². The number of hydrogen-bond donors (Lipinski definition) is 1. The minimum absolute atomic E-state index is 0.259. The van der Waals surface area contributed by atoms with Crippen LogP contribution in [0.25, 0.3) is 0 Å². The molecule has 0 heterocycles. The Kier molecular flexibility index (Phi) is 6.24. The van der Waals surface area contributed by atoms with Gasteiger partial charge in [-0.2, -0.15) is 0 Å². The van der Waals surface area contributed by atoms with E-state index in [0.717, 1.165) is 19.6 Å². The molecule has 1 aromatic carbocycles. The summed E-state index contributed by atoms with van der Waals surface area (Å²) in [4.78, 5) is 14.0. The Hall–Kier alpha value is -1.35. The molecule has 1 aliphatic rings. The minimum atomic E-state index is 0.259. The summed E-state index contributed by atoms with van der Waals surface area (Å²) >= 11 is 0. The second-order valence-corrected chi connectivity index (χ2v) is 5.77. The number of aryl methyl sites for hydroxylation is 1. The Labute approximate surface area is 128 Å².